The largest absolute Gasteiger partial charge is 0.490 e. The van der Waals surface area contributed by atoms with Crippen LogP contribution in [-0.4, -0.2) is 28.7 Å². The Morgan fingerprint density at radius 1 is 1.19 bits per heavy atom. The normalized spacial score (nSPS) is 14.9. The van der Waals surface area contributed by atoms with Crippen LogP contribution in [0.15, 0.2) is 30.6 Å². The van der Waals surface area contributed by atoms with Gasteiger partial charge < -0.3 is 19.4 Å². The first-order valence-corrected chi connectivity index (χ1v) is 9.65. The average Bonchev–Trinajstić information content (AvgIpc) is 2.95. The highest BCUT2D eigenvalue weighted by atomic mass is 16.5. The molecule has 1 unspecified atom stereocenters. The van der Waals surface area contributed by atoms with Gasteiger partial charge in [-0.3, -0.25) is 4.79 Å². The average molecular weight is 371 g/mol. The lowest BCUT2D eigenvalue weighted by molar-refractivity contribution is -0.122. The van der Waals surface area contributed by atoms with E-state index in [0.29, 0.717) is 13.2 Å². The summed E-state index contributed by atoms with van der Waals surface area (Å²) in [6.45, 7) is 9.93. The maximum absolute atomic E-state index is 12.7. The van der Waals surface area contributed by atoms with E-state index in [4.69, 9.17) is 9.47 Å². The van der Waals surface area contributed by atoms with E-state index in [1.807, 2.05) is 29.0 Å². The summed E-state index contributed by atoms with van der Waals surface area (Å²) in [5, 5.41) is 3.18. The van der Waals surface area contributed by atoms with E-state index in [1.54, 1.807) is 6.20 Å². The molecule has 0 spiro atoms. The van der Waals surface area contributed by atoms with E-state index in [-0.39, 0.29) is 30.3 Å². The second-order valence-electron chi connectivity index (χ2n) is 7.61. The fraction of sp³-hybridized carbons (Fsp3) is 0.524. The van der Waals surface area contributed by atoms with Crippen LogP contribution < -0.4 is 14.8 Å². The van der Waals surface area contributed by atoms with Crippen LogP contribution >= 0.6 is 0 Å². The number of carbonyl (C=O) groups is 1. The predicted molar refractivity (Wildman–Crippen MR) is 104 cm³/mol. The molecule has 1 amide bonds. The van der Waals surface area contributed by atoms with Crippen molar-refractivity contribution in [2.24, 2.45) is 5.92 Å². The zero-order valence-electron chi connectivity index (χ0n) is 16.6. The maximum Gasteiger partial charge on any atom is 0.240 e. The molecule has 2 heterocycles. The van der Waals surface area contributed by atoms with Gasteiger partial charge in [0.05, 0.1) is 19.3 Å². The van der Waals surface area contributed by atoms with Crippen LogP contribution in [0.25, 0.3) is 0 Å². The quantitative estimate of drug-likeness (QED) is 0.841. The third-order valence-electron chi connectivity index (χ3n) is 4.69. The standard InChI is InChI=1S/C21H29N3O3/c1-14(2)20(16-6-7-17-18(12-16)27-11-5-10-26-17)23-19(25)13-24-9-8-22-21(24)15(3)4/h6-9,12,14-15,20H,5,10-11,13H2,1-4H3,(H,23,25). The zero-order valence-corrected chi connectivity index (χ0v) is 16.6. The van der Waals surface area contributed by atoms with E-state index in [0.717, 1.165) is 29.3 Å². The van der Waals surface area contributed by atoms with Crippen molar-refractivity contribution < 1.29 is 14.3 Å². The van der Waals surface area contributed by atoms with Crippen molar-refractivity contribution in [3.8, 4) is 11.5 Å². The minimum atomic E-state index is -0.0966. The van der Waals surface area contributed by atoms with Crippen LogP contribution in [0.2, 0.25) is 0 Å². The summed E-state index contributed by atoms with van der Waals surface area (Å²) in [5.41, 5.74) is 1.03. The summed E-state index contributed by atoms with van der Waals surface area (Å²) >= 11 is 0. The second-order valence-corrected chi connectivity index (χ2v) is 7.61. The summed E-state index contributed by atoms with van der Waals surface area (Å²) < 4.78 is 13.4. The number of hydrogen-bond acceptors (Lipinski definition) is 4. The van der Waals surface area contributed by atoms with Gasteiger partial charge in [0, 0.05) is 24.7 Å². The number of aromatic nitrogens is 2. The van der Waals surface area contributed by atoms with Gasteiger partial charge in [-0.05, 0) is 23.6 Å². The van der Waals surface area contributed by atoms with Crippen LogP contribution in [0, 0.1) is 5.92 Å². The molecule has 0 saturated heterocycles. The third-order valence-corrected chi connectivity index (χ3v) is 4.69. The molecule has 1 N–H and O–H groups in total. The number of nitrogens with zero attached hydrogens (tertiary/aromatic N) is 2. The van der Waals surface area contributed by atoms with Crippen LogP contribution in [0.1, 0.15) is 57.5 Å². The Bertz CT molecular complexity index is 783. The number of hydrogen-bond donors (Lipinski definition) is 1. The molecule has 0 bridgehead atoms. The summed E-state index contributed by atoms with van der Waals surface area (Å²) in [4.78, 5) is 17.1. The Morgan fingerprint density at radius 2 is 1.93 bits per heavy atom. The van der Waals surface area contributed by atoms with Crippen molar-refractivity contribution in [2.45, 2.75) is 52.6 Å². The number of carbonyl (C=O) groups excluding carboxylic acids is 1. The molecule has 146 valence electrons. The lowest BCUT2D eigenvalue weighted by Crippen LogP contribution is -2.34. The summed E-state index contributed by atoms with van der Waals surface area (Å²) in [6, 6.07) is 5.84. The van der Waals surface area contributed by atoms with Crippen molar-refractivity contribution in [2.75, 3.05) is 13.2 Å². The van der Waals surface area contributed by atoms with Gasteiger partial charge in [-0.1, -0.05) is 33.8 Å². The molecule has 27 heavy (non-hydrogen) atoms. The first-order chi connectivity index (χ1) is 13.0. The van der Waals surface area contributed by atoms with Gasteiger partial charge in [0.2, 0.25) is 5.91 Å². The van der Waals surface area contributed by atoms with Crippen molar-refractivity contribution in [3.63, 3.8) is 0 Å². The Morgan fingerprint density at radius 3 is 2.63 bits per heavy atom. The highest BCUT2D eigenvalue weighted by Crippen LogP contribution is 2.34. The number of imidazole rings is 1. The molecule has 2 aromatic rings. The molecule has 3 rings (SSSR count). The van der Waals surface area contributed by atoms with E-state index in [1.165, 1.54) is 0 Å². The zero-order chi connectivity index (χ0) is 19.4. The van der Waals surface area contributed by atoms with Crippen LogP contribution in [-0.2, 0) is 11.3 Å². The highest BCUT2D eigenvalue weighted by Gasteiger charge is 2.22. The fourth-order valence-corrected chi connectivity index (χ4v) is 3.34. The van der Waals surface area contributed by atoms with E-state index in [2.05, 4.69) is 38.0 Å². The summed E-state index contributed by atoms with van der Waals surface area (Å²) in [7, 11) is 0. The van der Waals surface area contributed by atoms with Crippen LogP contribution in [0.5, 0.6) is 11.5 Å². The van der Waals surface area contributed by atoms with Gasteiger partial charge >= 0.3 is 0 Å². The van der Waals surface area contributed by atoms with Crippen molar-refractivity contribution in [1.82, 2.24) is 14.9 Å². The van der Waals surface area contributed by atoms with E-state index < -0.39 is 0 Å². The van der Waals surface area contributed by atoms with E-state index >= 15 is 0 Å². The SMILES string of the molecule is CC(C)c1nccn1CC(=O)NC(c1ccc2c(c1)OCCCO2)C(C)C. The number of amides is 1. The summed E-state index contributed by atoms with van der Waals surface area (Å²) in [5.74, 6) is 2.93. The molecule has 0 fully saturated rings. The number of benzene rings is 1. The topological polar surface area (TPSA) is 65.4 Å². The molecular formula is C21H29N3O3. The fourth-order valence-electron chi connectivity index (χ4n) is 3.34. The molecule has 0 radical (unpaired) electrons. The van der Waals surface area contributed by atoms with Gasteiger partial charge in [-0.25, -0.2) is 4.98 Å². The molecule has 0 aliphatic carbocycles. The Hall–Kier alpha value is -2.50. The molecule has 6 heteroatoms. The lowest BCUT2D eigenvalue weighted by atomic mass is 9.95. The first-order valence-electron chi connectivity index (χ1n) is 9.65. The monoisotopic (exact) mass is 371 g/mol. The van der Waals surface area contributed by atoms with Gasteiger partial charge in [0.25, 0.3) is 0 Å². The molecule has 1 atom stereocenters. The molecule has 1 aromatic carbocycles. The van der Waals surface area contributed by atoms with Gasteiger partial charge in [0.1, 0.15) is 12.4 Å². The Kier molecular flexibility index (Phi) is 6.04. The first kappa shape index (κ1) is 19.3. The number of nitrogens with one attached hydrogen (secondary N) is 1. The van der Waals surface area contributed by atoms with Crippen LogP contribution in [0.3, 0.4) is 0 Å². The summed E-state index contributed by atoms with van der Waals surface area (Å²) in [6.07, 6.45) is 4.47. The maximum atomic E-state index is 12.7. The predicted octanol–water partition coefficient (Wildman–Crippen LogP) is 3.68. The van der Waals surface area contributed by atoms with E-state index in [9.17, 15) is 4.79 Å². The molecular weight excluding hydrogens is 342 g/mol. The molecule has 1 aliphatic rings. The number of ether oxygens (including phenoxy) is 2. The lowest BCUT2D eigenvalue weighted by Gasteiger charge is -2.24. The highest BCUT2D eigenvalue weighted by molar-refractivity contribution is 5.76. The van der Waals surface area contributed by atoms with Crippen molar-refractivity contribution in [3.05, 3.63) is 42.0 Å². The molecule has 0 saturated carbocycles. The Balaban J connectivity index is 1.75. The molecule has 1 aliphatic heterocycles. The van der Waals surface area contributed by atoms with Crippen molar-refractivity contribution in [1.29, 1.82) is 0 Å². The minimum absolute atomic E-state index is 0.0271. The Labute approximate surface area is 160 Å². The number of rotatable bonds is 6. The van der Waals surface area contributed by atoms with Gasteiger partial charge in [0.15, 0.2) is 11.5 Å². The van der Waals surface area contributed by atoms with Gasteiger partial charge in [-0.2, -0.15) is 0 Å². The molecule has 1 aromatic heterocycles. The molecule has 6 nitrogen and oxygen atoms in total. The minimum Gasteiger partial charge on any atom is -0.490 e. The third kappa shape index (κ3) is 4.62. The smallest absolute Gasteiger partial charge is 0.240 e. The number of fused-ring (bicyclic) bond motifs is 1. The van der Waals surface area contributed by atoms with Crippen molar-refractivity contribution >= 4 is 5.91 Å². The van der Waals surface area contributed by atoms with Gasteiger partial charge in [-0.15, -0.1) is 0 Å². The van der Waals surface area contributed by atoms with Crippen LogP contribution in [0.4, 0.5) is 0 Å². The second kappa shape index (κ2) is 8.46.